The molecule has 2 atom stereocenters. The van der Waals surface area contributed by atoms with Gasteiger partial charge < -0.3 is 30.0 Å². The highest BCUT2D eigenvalue weighted by Crippen LogP contribution is 2.25. The van der Waals surface area contributed by atoms with Gasteiger partial charge in [0.15, 0.2) is 5.58 Å². The monoisotopic (exact) mass is 520 g/mol. The summed E-state index contributed by atoms with van der Waals surface area (Å²) in [5.41, 5.74) is 4.20. The van der Waals surface area contributed by atoms with Crippen LogP contribution in [0.5, 0.6) is 0 Å². The fraction of sp³-hybridized carbons (Fsp3) is 0.464. The fourth-order valence-electron chi connectivity index (χ4n) is 4.42. The second kappa shape index (κ2) is 13.3. The Kier molecular flexibility index (Phi) is 9.67. The number of rotatable bonds is 11. The van der Waals surface area contributed by atoms with Gasteiger partial charge in [0, 0.05) is 45.8 Å². The molecule has 202 valence electrons. The van der Waals surface area contributed by atoms with Crippen LogP contribution in [0.25, 0.3) is 22.2 Å². The average molecular weight is 521 g/mol. The third kappa shape index (κ3) is 7.30. The lowest BCUT2D eigenvalue weighted by molar-refractivity contribution is -0.132. The van der Waals surface area contributed by atoms with Crippen LogP contribution >= 0.6 is 0 Å². The van der Waals surface area contributed by atoms with Gasteiger partial charge in [-0.3, -0.25) is 9.36 Å². The van der Waals surface area contributed by atoms with Gasteiger partial charge in [0.1, 0.15) is 12.1 Å². The molecule has 0 aliphatic carbocycles. The summed E-state index contributed by atoms with van der Waals surface area (Å²) in [7, 11) is 4.05. The Morgan fingerprint density at radius 2 is 2.00 bits per heavy atom. The Hall–Kier alpha value is -3.49. The van der Waals surface area contributed by atoms with Crippen molar-refractivity contribution in [1.82, 2.24) is 25.4 Å². The summed E-state index contributed by atoms with van der Waals surface area (Å²) in [6, 6.07) is 15.1. The van der Waals surface area contributed by atoms with Gasteiger partial charge in [0.2, 0.25) is 0 Å². The number of ether oxygens (including phenoxy) is 1. The molecular formula is C28H36N6O4. The molecule has 0 bridgehead atoms. The van der Waals surface area contributed by atoms with Gasteiger partial charge in [-0.25, -0.2) is 4.79 Å². The Labute approximate surface area is 222 Å². The van der Waals surface area contributed by atoms with Crippen LogP contribution in [0.15, 0.2) is 51.7 Å². The van der Waals surface area contributed by atoms with E-state index < -0.39 is 12.1 Å². The summed E-state index contributed by atoms with van der Waals surface area (Å²) in [6.07, 6.45) is 0.668. The van der Waals surface area contributed by atoms with Crippen molar-refractivity contribution in [3.8, 4) is 17.2 Å². The number of carbonyl (C=O) groups is 1. The SMILES string of the molecule is CN(C)CCNCCn1c(=O)oc2ccc(-c3ccc(C[C@@H](C#N)NC(=O)[C@@H]4CNCCCO4)cc3)cc21. The van der Waals surface area contributed by atoms with Gasteiger partial charge in [-0.05, 0) is 55.9 Å². The standard InChI is InChI=1S/C28H36N6O4/c1-33(2)13-11-30-12-14-34-24-17-22(8-9-25(24)38-28(34)36)21-6-4-20(5-7-21)16-23(18-29)32-27(35)26-19-31-10-3-15-37-26/h4-9,17,23,26,30-31H,3,10-16,19H2,1-2H3,(H,32,35)/t23-,26-/m0/s1. The average Bonchev–Trinajstić information content (AvgIpc) is 3.06. The third-order valence-electron chi connectivity index (χ3n) is 6.55. The molecule has 38 heavy (non-hydrogen) atoms. The molecule has 0 radical (unpaired) electrons. The number of amides is 1. The quantitative estimate of drug-likeness (QED) is 0.324. The number of nitrogens with zero attached hydrogens (tertiary/aromatic N) is 3. The number of likely N-dealkylation sites (N-methyl/N-ethyl adjacent to an activating group) is 1. The normalized spacial score (nSPS) is 16.7. The minimum absolute atomic E-state index is 0.269. The Morgan fingerprint density at radius 1 is 1.21 bits per heavy atom. The van der Waals surface area contributed by atoms with Gasteiger partial charge in [0.25, 0.3) is 5.91 Å². The maximum Gasteiger partial charge on any atom is 0.419 e. The van der Waals surface area contributed by atoms with Crippen molar-refractivity contribution in [2.75, 3.05) is 53.4 Å². The van der Waals surface area contributed by atoms with Crippen molar-refractivity contribution in [2.24, 2.45) is 0 Å². The Bertz CT molecular complexity index is 1300. The second-order valence-corrected chi connectivity index (χ2v) is 9.76. The zero-order chi connectivity index (χ0) is 26.9. The molecule has 2 heterocycles. The highest BCUT2D eigenvalue weighted by atomic mass is 16.5. The number of hydrogen-bond acceptors (Lipinski definition) is 8. The van der Waals surface area contributed by atoms with E-state index in [1.807, 2.05) is 56.6 Å². The number of benzene rings is 2. The molecule has 3 aromatic rings. The molecule has 1 aliphatic rings. The van der Waals surface area contributed by atoms with Gasteiger partial charge >= 0.3 is 5.76 Å². The van der Waals surface area contributed by atoms with Crippen LogP contribution in [0.1, 0.15) is 12.0 Å². The first-order chi connectivity index (χ1) is 18.4. The lowest BCUT2D eigenvalue weighted by Gasteiger charge is -2.18. The lowest BCUT2D eigenvalue weighted by atomic mass is 10.0. The largest absolute Gasteiger partial charge is 0.419 e. The minimum atomic E-state index is -0.650. The Morgan fingerprint density at radius 3 is 2.76 bits per heavy atom. The maximum absolute atomic E-state index is 12.5. The number of hydrogen-bond donors (Lipinski definition) is 3. The fourth-order valence-corrected chi connectivity index (χ4v) is 4.42. The number of nitriles is 1. The highest BCUT2D eigenvalue weighted by molar-refractivity contribution is 5.82. The summed E-state index contributed by atoms with van der Waals surface area (Å²) in [5.74, 6) is -0.633. The molecule has 1 aliphatic heterocycles. The van der Waals surface area contributed by atoms with E-state index in [1.165, 1.54) is 0 Å². The summed E-state index contributed by atoms with van der Waals surface area (Å²) < 4.78 is 12.7. The zero-order valence-electron chi connectivity index (χ0n) is 22.0. The number of nitrogens with one attached hydrogen (secondary N) is 3. The molecular weight excluding hydrogens is 484 g/mol. The van der Waals surface area contributed by atoms with E-state index in [1.54, 1.807) is 4.57 Å². The van der Waals surface area contributed by atoms with E-state index in [2.05, 4.69) is 26.9 Å². The molecule has 1 amide bonds. The van der Waals surface area contributed by atoms with Crippen molar-refractivity contribution in [3.05, 3.63) is 58.6 Å². The van der Waals surface area contributed by atoms with E-state index in [-0.39, 0.29) is 11.7 Å². The summed E-state index contributed by atoms with van der Waals surface area (Å²) in [5, 5.41) is 18.9. The van der Waals surface area contributed by atoms with E-state index in [9.17, 15) is 14.9 Å². The topological polar surface area (TPSA) is 125 Å². The van der Waals surface area contributed by atoms with Crippen LogP contribution in [0.2, 0.25) is 0 Å². The number of carbonyl (C=O) groups excluding carboxylic acids is 1. The number of oxazole rings is 1. The van der Waals surface area contributed by atoms with Crippen LogP contribution in [0.4, 0.5) is 0 Å². The smallest absolute Gasteiger partial charge is 0.408 e. The van der Waals surface area contributed by atoms with E-state index in [0.717, 1.165) is 48.3 Å². The Balaban J connectivity index is 1.40. The minimum Gasteiger partial charge on any atom is -0.408 e. The molecule has 0 unspecified atom stereocenters. The van der Waals surface area contributed by atoms with Gasteiger partial charge in [-0.15, -0.1) is 0 Å². The summed E-state index contributed by atoms with van der Waals surface area (Å²) in [4.78, 5) is 27.1. The first kappa shape index (κ1) is 27.5. The molecule has 0 saturated carbocycles. The number of fused-ring (bicyclic) bond motifs is 1. The molecule has 1 saturated heterocycles. The maximum atomic E-state index is 12.5. The lowest BCUT2D eigenvalue weighted by Crippen LogP contribution is -2.46. The third-order valence-corrected chi connectivity index (χ3v) is 6.55. The highest BCUT2D eigenvalue weighted by Gasteiger charge is 2.23. The molecule has 3 N–H and O–H groups in total. The molecule has 4 rings (SSSR count). The van der Waals surface area contributed by atoms with Crippen LogP contribution in [0.3, 0.4) is 0 Å². The predicted octanol–water partition coefficient (Wildman–Crippen LogP) is 1.34. The first-order valence-electron chi connectivity index (χ1n) is 13.0. The van der Waals surface area contributed by atoms with Crippen molar-refractivity contribution in [1.29, 1.82) is 5.26 Å². The van der Waals surface area contributed by atoms with E-state index >= 15 is 0 Å². The molecule has 0 spiro atoms. The van der Waals surface area contributed by atoms with Crippen LogP contribution in [0, 0.1) is 11.3 Å². The van der Waals surface area contributed by atoms with Gasteiger partial charge in [0.05, 0.1) is 11.6 Å². The van der Waals surface area contributed by atoms with Crippen molar-refractivity contribution in [2.45, 2.75) is 31.5 Å². The zero-order valence-corrected chi connectivity index (χ0v) is 22.0. The van der Waals surface area contributed by atoms with Crippen LogP contribution in [-0.4, -0.2) is 80.9 Å². The molecule has 2 aromatic carbocycles. The van der Waals surface area contributed by atoms with E-state index in [0.29, 0.717) is 38.2 Å². The summed E-state index contributed by atoms with van der Waals surface area (Å²) in [6.45, 7) is 4.74. The van der Waals surface area contributed by atoms with Crippen molar-refractivity contribution >= 4 is 17.0 Å². The summed E-state index contributed by atoms with van der Waals surface area (Å²) >= 11 is 0. The van der Waals surface area contributed by atoms with Gasteiger partial charge in [-0.1, -0.05) is 30.3 Å². The molecule has 10 nitrogen and oxygen atoms in total. The molecule has 1 fully saturated rings. The number of aromatic nitrogens is 1. The van der Waals surface area contributed by atoms with Gasteiger partial charge in [-0.2, -0.15) is 5.26 Å². The van der Waals surface area contributed by atoms with Crippen molar-refractivity contribution < 1.29 is 13.9 Å². The molecule has 1 aromatic heterocycles. The van der Waals surface area contributed by atoms with Crippen molar-refractivity contribution in [3.63, 3.8) is 0 Å². The van der Waals surface area contributed by atoms with Crippen LogP contribution in [-0.2, 0) is 22.5 Å². The second-order valence-electron chi connectivity index (χ2n) is 9.76. The molecule has 10 heteroatoms. The first-order valence-corrected chi connectivity index (χ1v) is 13.0. The van der Waals surface area contributed by atoms with E-state index in [4.69, 9.17) is 9.15 Å². The van der Waals surface area contributed by atoms with Crippen LogP contribution < -0.4 is 21.7 Å². The predicted molar refractivity (Wildman–Crippen MR) is 146 cm³/mol.